The van der Waals surface area contributed by atoms with Gasteiger partial charge in [0.1, 0.15) is 0 Å². The van der Waals surface area contributed by atoms with Gasteiger partial charge in [0, 0.05) is 13.1 Å². The average Bonchev–Trinajstić information content (AvgIpc) is 2.50. The van der Waals surface area contributed by atoms with E-state index in [1.807, 2.05) is 12.1 Å². The van der Waals surface area contributed by atoms with E-state index in [9.17, 15) is 0 Å². The highest BCUT2D eigenvalue weighted by Crippen LogP contribution is 2.17. The van der Waals surface area contributed by atoms with Crippen molar-refractivity contribution in [1.82, 2.24) is 5.32 Å². The molecule has 1 aromatic carbocycles. The second-order valence-corrected chi connectivity index (χ2v) is 2.80. The van der Waals surface area contributed by atoms with Crippen LogP contribution >= 0.6 is 0 Å². The van der Waals surface area contributed by atoms with Crippen LogP contribution in [0.5, 0.6) is 0 Å². The quantitative estimate of drug-likeness (QED) is 0.628. The Bertz CT molecular complexity index is 270. The third-order valence-corrected chi connectivity index (χ3v) is 2.02. The lowest BCUT2D eigenvalue weighted by atomic mass is 10.1. The van der Waals surface area contributed by atoms with Crippen LogP contribution in [0.3, 0.4) is 0 Å². The van der Waals surface area contributed by atoms with Crippen molar-refractivity contribution in [2.45, 2.75) is 19.7 Å². The van der Waals surface area contributed by atoms with Gasteiger partial charge in [-0.2, -0.15) is 0 Å². The van der Waals surface area contributed by atoms with E-state index in [-0.39, 0.29) is 6.61 Å². The van der Waals surface area contributed by atoms with Crippen LogP contribution in [0.25, 0.3) is 0 Å². The first-order valence-corrected chi connectivity index (χ1v) is 3.75. The van der Waals surface area contributed by atoms with Gasteiger partial charge in [0.2, 0.25) is 0 Å². The lowest BCUT2D eigenvalue weighted by Gasteiger charge is -1.99. The Kier molecular flexibility index (Phi) is 1.64. The SMILES string of the molecule is OCc1ccc2c(c1)C[N]C2. The number of nitrogens with zero attached hydrogens (tertiary/aromatic N) is 1. The molecular weight excluding hydrogens is 138 g/mol. The minimum atomic E-state index is 0.132. The first-order chi connectivity index (χ1) is 5.40. The molecule has 0 saturated heterocycles. The van der Waals surface area contributed by atoms with Crippen LogP contribution in [0.2, 0.25) is 0 Å². The number of hydrogen-bond donors (Lipinski definition) is 1. The van der Waals surface area contributed by atoms with Gasteiger partial charge in [0.15, 0.2) is 0 Å². The minimum absolute atomic E-state index is 0.132. The van der Waals surface area contributed by atoms with Gasteiger partial charge in [-0.05, 0) is 16.7 Å². The lowest BCUT2D eigenvalue weighted by molar-refractivity contribution is 0.281. The second kappa shape index (κ2) is 2.64. The van der Waals surface area contributed by atoms with Gasteiger partial charge in [-0.3, -0.25) is 0 Å². The van der Waals surface area contributed by atoms with Crippen molar-refractivity contribution in [3.8, 4) is 0 Å². The zero-order valence-corrected chi connectivity index (χ0v) is 6.25. The maximum absolute atomic E-state index is 8.84. The molecule has 57 valence electrons. The fourth-order valence-electron chi connectivity index (χ4n) is 1.38. The number of hydrogen-bond acceptors (Lipinski definition) is 1. The first-order valence-electron chi connectivity index (χ1n) is 3.75. The van der Waals surface area contributed by atoms with Gasteiger partial charge >= 0.3 is 0 Å². The van der Waals surface area contributed by atoms with Crippen LogP contribution in [0.1, 0.15) is 16.7 Å². The number of rotatable bonds is 1. The van der Waals surface area contributed by atoms with Crippen molar-refractivity contribution in [2.24, 2.45) is 0 Å². The summed E-state index contributed by atoms with van der Waals surface area (Å²) in [6, 6.07) is 6.04. The molecule has 0 aromatic heterocycles. The second-order valence-electron chi connectivity index (χ2n) is 2.80. The molecule has 11 heavy (non-hydrogen) atoms. The van der Waals surface area contributed by atoms with E-state index in [0.717, 1.165) is 18.7 Å². The summed E-state index contributed by atoms with van der Waals surface area (Å²) in [5.74, 6) is 0. The standard InChI is InChI=1S/C9H10NO/c11-6-7-1-2-8-4-10-5-9(8)3-7/h1-3,11H,4-6H2. The Labute approximate surface area is 65.9 Å². The summed E-state index contributed by atoms with van der Waals surface area (Å²) in [5, 5.41) is 13.1. The summed E-state index contributed by atoms with van der Waals surface area (Å²) in [5.41, 5.74) is 3.57. The molecule has 0 unspecified atom stereocenters. The zero-order valence-electron chi connectivity index (χ0n) is 6.25. The third-order valence-electron chi connectivity index (χ3n) is 2.02. The Morgan fingerprint density at radius 1 is 1.27 bits per heavy atom. The van der Waals surface area contributed by atoms with Crippen LogP contribution < -0.4 is 5.32 Å². The first kappa shape index (κ1) is 6.83. The van der Waals surface area contributed by atoms with E-state index >= 15 is 0 Å². The third kappa shape index (κ3) is 1.15. The normalized spacial score (nSPS) is 15.0. The maximum atomic E-state index is 8.84. The summed E-state index contributed by atoms with van der Waals surface area (Å²) >= 11 is 0. The summed E-state index contributed by atoms with van der Waals surface area (Å²) in [6.07, 6.45) is 0. The molecule has 2 heteroatoms. The van der Waals surface area contributed by atoms with Crippen LogP contribution in [0.4, 0.5) is 0 Å². The predicted octanol–water partition coefficient (Wildman–Crippen LogP) is 0.797. The molecule has 0 aliphatic carbocycles. The van der Waals surface area contributed by atoms with Crippen molar-refractivity contribution >= 4 is 0 Å². The summed E-state index contributed by atoms with van der Waals surface area (Å²) in [7, 11) is 0. The molecule has 0 fully saturated rings. The highest BCUT2D eigenvalue weighted by molar-refractivity contribution is 5.34. The molecule has 1 aliphatic heterocycles. The molecule has 1 heterocycles. The fourth-order valence-corrected chi connectivity index (χ4v) is 1.38. The van der Waals surface area contributed by atoms with Crippen molar-refractivity contribution in [2.75, 3.05) is 0 Å². The molecule has 1 radical (unpaired) electrons. The summed E-state index contributed by atoms with van der Waals surface area (Å²) in [6.45, 7) is 1.80. The lowest BCUT2D eigenvalue weighted by Crippen LogP contribution is -1.89. The number of aliphatic hydroxyl groups is 1. The van der Waals surface area contributed by atoms with Gasteiger partial charge in [-0.25, -0.2) is 5.32 Å². The van der Waals surface area contributed by atoms with Gasteiger partial charge in [0.05, 0.1) is 6.61 Å². The van der Waals surface area contributed by atoms with Crippen molar-refractivity contribution in [1.29, 1.82) is 0 Å². The molecule has 0 saturated carbocycles. The molecule has 1 aromatic rings. The van der Waals surface area contributed by atoms with E-state index in [1.54, 1.807) is 0 Å². The van der Waals surface area contributed by atoms with Crippen molar-refractivity contribution in [3.05, 3.63) is 34.9 Å². The van der Waals surface area contributed by atoms with Crippen LogP contribution in [0, 0.1) is 0 Å². The minimum Gasteiger partial charge on any atom is -0.392 e. The van der Waals surface area contributed by atoms with E-state index in [2.05, 4.69) is 11.4 Å². The summed E-state index contributed by atoms with van der Waals surface area (Å²) < 4.78 is 0. The molecule has 2 nitrogen and oxygen atoms in total. The van der Waals surface area contributed by atoms with Gasteiger partial charge in [0.25, 0.3) is 0 Å². The smallest absolute Gasteiger partial charge is 0.0681 e. The highest BCUT2D eigenvalue weighted by atomic mass is 16.3. The van der Waals surface area contributed by atoms with E-state index < -0.39 is 0 Å². The average molecular weight is 148 g/mol. The monoisotopic (exact) mass is 148 g/mol. The zero-order chi connectivity index (χ0) is 7.68. The maximum Gasteiger partial charge on any atom is 0.0681 e. The Morgan fingerprint density at radius 2 is 2.09 bits per heavy atom. The Morgan fingerprint density at radius 3 is 2.91 bits per heavy atom. The Balaban J connectivity index is 2.41. The van der Waals surface area contributed by atoms with Gasteiger partial charge < -0.3 is 5.11 Å². The molecule has 0 atom stereocenters. The molecule has 0 amide bonds. The Hall–Kier alpha value is -0.860. The van der Waals surface area contributed by atoms with Crippen molar-refractivity contribution < 1.29 is 5.11 Å². The number of benzene rings is 1. The molecular formula is C9H10NO. The van der Waals surface area contributed by atoms with E-state index in [0.29, 0.717) is 0 Å². The van der Waals surface area contributed by atoms with E-state index in [4.69, 9.17) is 5.11 Å². The highest BCUT2D eigenvalue weighted by Gasteiger charge is 2.10. The fraction of sp³-hybridized carbons (Fsp3) is 0.333. The topological polar surface area (TPSA) is 34.3 Å². The van der Waals surface area contributed by atoms with Crippen LogP contribution in [-0.2, 0) is 19.7 Å². The number of fused-ring (bicyclic) bond motifs is 1. The molecule has 1 aliphatic rings. The molecule has 2 rings (SSSR count). The van der Waals surface area contributed by atoms with Crippen molar-refractivity contribution in [3.63, 3.8) is 0 Å². The van der Waals surface area contributed by atoms with Crippen LogP contribution in [0.15, 0.2) is 18.2 Å². The number of aliphatic hydroxyl groups excluding tert-OH is 1. The van der Waals surface area contributed by atoms with Gasteiger partial charge in [-0.1, -0.05) is 18.2 Å². The summed E-state index contributed by atoms with van der Waals surface area (Å²) in [4.78, 5) is 0. The molecule has 1 N–H and O–H groups in total. The van der Waals surface area contributed by atoms with Crippen LogP contribution in [-0.4, -0.2) is 5.11 Å². The largest absolute Gasteiger partial charge is 0.392 e. The molecule has 0 bridgehead atoms. The predicted molar refractivity (Wildman–Crippen MR) is 41.9 cm³/mol. The van der Waals surface area contributed by atoms with Gasteiger partial charge in [-0.15, -0.1) is 0 Å². The molecule has 0 spiro atoms. The van der Waals surface area contributed by atoms with E-state index in [1.165, 1.54) is 11.1 Å².